The number of imidazole rings is 1. The predicted molar refractivity (Wildman–Crippen MR) is 88.7 cm³/mol. The molecular weight excluding hydrogens is 288 g/mol. The molecule has 1 heterocycles. The third-order valence-electron chi connectivity index (χ3n) is 3.52. The third-order valence-corrected chi connectivity index (χ3v) is 3.52. The van der Waals surface area contributed by atoms with Crippen molar-refractivity contribution < 1.29 is 4.74 Å². The second kappa shape index (κ2) is 6.67. The quantitative estimate of drug-likeness (QED) is 0.735. The Morgan fingerprint density at radius 2 is 2.04 bits per heavy atom. The molecule has 0 aliphatic rings. The first-order valence-electron chi connectivity index (χ1n) is 7.25. The molecule has 0 bridgehead atoms. The van der Waals surface area contributed by atoms with Crippen LogP contribution in [-0.4, -0.2) is 16.2 Å². The van der Waals surface area contributed by atoms with Gasteiger partial charge in [-0.25, -0.2) is 4.98 Å². The molecule has 0 fully saturated rings. The van der Waals surface area contributed by atoms with Gasteiger partial charge in [0.25, 0.3) is 0 Å². The lowest BCUT2D eigenvalue weighted by Crippen LogP contribution is -2.06. The van der Waals surface area contributed by atoms with E-state index >= 15 is 0 Å². The van der Waals surface area contributed by atoms with E-state index in [1.54, 1.807) is 24.7 Å². The predicted octanol–water partition coefficient (Wildman–Crippen LogP) is 3.08. The van der Waals surface area contributed by atoms with E-state index < -0.39 is 0 Å². The summed E-state index contributed by atoms with van der Waals surface area (Å²) in [4.78, 5) is 4.00. The average molecular weight is 304 g/mol. The van der Waals surface area contributed by atoms with Crippen LogP contribution in [-0.2, 0) is 6.54 Å². The molecule has 23 heavy (non-hydrogen) atoms. The molecule has 0 spiro atoms. The van der Waals surface area contributed by atoms with Gasteiger partial charge in [0.15, 0.2) is 0 Å². The number of nitrogen functional groups attached to an aromatic ring is 1. The lowest BCUT2D eigenvalue weighted by Gasteiger charge is -2.09. The molecule has 2 aromatic carbocycles. The second-order valence-electron chi connectivity index (χ2n) is 5.09. The van der Waals surface area contributed by atoms with Crippen LogP contribution in [0.4, 0.5) is 5.69 Å². The van der Waals surface area contributed by atoms with Gasteiger partial charge in [-0.1, -0.05) is 18.2 Å². The van der Waals surface area contributed by atoms with E-state index in [2.05, 4.69) is 11.1 Å². The van der Waals surface area contributed by atoms with E-state index in [-0.39, 0.29) is 0 Å². The SMILES string of the molecule is N#Cc1cc(-c2cccc(OCCn3ccnc3)c2)ccc1N. The van der Waals surface area contributed by atoms with Crippen LogP contribution in [0.3, 0.4) is 0 Å². The van der Waals surface area contributed by atoms with E-state index in [0.717, 1.165) is 23.4 Å². The number of hydrogen-bond donors (Lipinski definition) is 1. The van der Waals surface area contributed by atoms with Crippen molar-refractivity contribution in [3.8, 4) is 22.9 Å². The van der Waals surface area contributed by atoms with Crippen LogP contribution >= 0.6 is 0 Å². The summed E-state index contributed by atoms with van der Waals surface area (Å²) in [7, 11) is 0. The zero-order valence-corrected chi connectivity index (χ0v) is 12.5. The minimum Gasteiger partial charge on any atom is -0.492 e. The summed E-state index contributed by atoms with van der Waals surface area (Å²) in [5.74, 6) is 0.790. The largest absolute Gasteiger partial charge is 0.492 e. The molecule has 0 amide bonds. The molecule has 0 saturated carbocycles. The maximum Gasteiger partial charge on any atom is 0.120 e. The molecule has 3 aromatic rings. The van der Waals surface area contributed by atoms with Crippen LogP contribution in [0.5, 0.6) is 5.75 Å². The Morgan fingerprint density at radius 1 is 1.17 bits per heavy atom. The van der Waals surface area contributed by atoms with E-state index in [4.69, 9.17) is 15.7 Å². The van der Waals surface area contributed by atoms with Gasteiger partial charge in [-0.2, -0.15) is 5.26 Å². The number of nitrogens with zero attached hydrogens (tertiary/aromatic N) is 3. The Bertz CT molecular complexity index is 834. The first-order valence-corrected chi connectivity index (χ1v) is 7.25. The molecule has 5 nitrogen and oxygen atoms in total. The smallest absolute Gasteiger partial charge is 0.120 e. The van der Waals surface area contributed by atoms with Crippen molar-refractivity contribution in [1.82, 2.24) is 9.55 Å². The highest BCUT2D eigenvalue weighted by Crippen LogP contribution is 2.26. The number of benzene rings is 2. The molecule has 0 aliphatic carbocycles. The van der Waals surface area contributed by atoms with E-state index in [0.29, 0.717) is 17.9 Å². The van der Waals surface area contributed by atoms with Crippen molar-refractivity contribution >= 4 is 5.69 Å². The zero-order valence-electron chi connectivity index (χ0n) is 12.5. The molecule has 0 aliphatic heterocycles. The number of aromatic nitrogens is 2. The summed E-state index contributed by atoms with van der Waals surface area (Å²) in [6.07, 6.45) is 5.41. The van der Waals surface area contributed by atoms with Crippen molar-refractivity contribution in [2.24, 2.45) is 0 Å². The van der Waals surface area contributed by atoms with E-state index in [1.165, 1.54) is 0 Å². The molecule has 0 unspecified atom stereocenters. The molecule has 5 heteroatoms. The van der Waals surface area contributed by atoms with Crippen LogP contribution in [0.15, 0.2) is 61.2 Å². The van der Waals surface area contributed by atoms with Gasteiger partial charge in [-0.3, -0.25) is 0 Å². The van der Waals surface area contributed by atoms with Gasteiger partial charge in [0.1, 0.15) is 18.4 Å². The first-order chi connectivity index (χ1) is 11.3. The Morgan fingerprint density at radius 3 is 2.83 bits per heavy atom. The van der Waals surface area contributed by atoms with Gasteiger partial charge in [-0.05, 0) is 35.4 Å². The average Bonchev–Trinajstić information content (AvgIpc) is 3.09. The molecular formula is C18H16N4O. The van der Waals surface area contributed by atoms with Crippen LogP contribution < -0.4 is 10.5 Å². The second-order valence-corrected chi connectivity index (χ2v) is 5.09. The highest BCUT2D eigenvalue weighted by molar-refractivity contribution is 5.70. The molecule has 0 saturated heterocycles. The molecule has 0 radical (unpaired) electrons. The van der Waals surface area contributed by atoms with Crippen molar-refractivity contribution in [2.45, 2.75) is 6.54 Å². The summed E-state index contributed by atoms with van der Waals surface area (Å²) in [5.41, 5.74) is 8.66. The van der Waals surface area contributed by atoms with Crippen LogP contribution in [0.2, 0.25) is 0 Å². The standard InChI is InChI=1S/C18H16N4O/c19-12-16-10-15(4-5-18(16)20)14-2-1-3-17(11-14)23-9-8-22-7-6-21-13-22/h1-7,10-11,13H,8-9,20H2. The Kier molecular flexibility index (Phi) is 4.25. The Balaban J connectivity index is 1.73. The number of nitrogens with two attached hydrogens (primary N) is 1. The van der Waals surface area contributed by atoms with Crippen molar-refractivity contribution in [2.75, 3.05) is 12.3 Å². The summed E-state index contributed by atoms with van der Waals surface area (Å²) >= 11 is 0. The van der Waals surface area contributed by atoms with Crippen molar-refractivity contribution in [1.29, 1.82) is 5.26 Å². The maximum atomic E-state index is 9.09. The normalized spacial score (nSPS) is 10.2. The number of nitriles is 1. The van der Waals surface area contributed by atoms with Crippen LogP contribution in [0.25, 0.3) is 11.1 Å². The lowest BCUT2D eigenvalue weighted by atomic mass is 10.0. The highest BCUT2D eigenvalue weighted by atomic mass is 16.5. The summed E-state index contributed by atoms with van der Waals surface area (Å²) in [5, 5.41) is 9.09. The van der Waals surface area contributed by atoms with Gasteiger partial charge in [-0.15, -0.1) is 0 Å². The Hall–Kier alpha value is -3.26. The van der Waals surface area contributed by atoms with Gasteiger partial charge < -0.3 is 15.0 Å². The fourth-order valence-electron chi connectivity index (χ4n) is 2.29. The van der Waals surface area contributed by atoms with Crippen molar-refractivity contribution in [3.63, 3.8) is 0 Å². The van der Waals surface area contributed by atoms with E-state index in [9.17, 15) is 0 Å². The van der Waals surface area contributed by atoms with Gasteiger partial charge in [0.05, 0.1) is 18.4 Å². The first kappa shape index (κ1) is 14.7. The minimum atomic E-state index is 0.480. The molecule has 1 aromatic heterocycles. The Labute approximate surface area is 134 Å². The monoisotopic (exact) mass is 304 g/mol. The van der Waals surface area contributed by atoms with Crippen molar-refractivity contribution in [3.05, 3.63) is 66.7 Å². The molecule has 2 N–H and O–H groups in total. The molecule has 3 rings (SSSR count). The fourth-order valence-corrected chi connectivity index (χ4v) is 2.29. The summed E-state index contributed by atoms with van der Waals surface area (Å²) < 4.78 is 7.74. The third kappa shape index (κ3) is 3.50. The fraction of sp³-hybridized carbons (Fsp3) is 0.111. The highest BCUT2D eigenvalue weighted by Gasteiger charge is 2.04. The summed E-state index contributed by atoms with van der Waals surface area (Å²) in [6, 6.07) is 15.3. The van der Waals surface area contributed by atoms with Crippen LogP contribution in [0.1, 0.15) is 5.56 Å². The van der Waals surface area contributed by atoms with E-state index in [1.807, 2.05) is 41.1 Å². The number of anilines is 1. The molecule has 114 valence electrons. The van der Waals surface area contributed by atoms with Gasteiger partial charge >= 0.3 is 0 Å². The maximum absolute atomic E-state index is 9.09. The molecule has 0 atom stereocenters. The number of hydrogen-bond acceptors (Lipinski definition) is 4. The topological polar surface area (TPSA) is 76.9 Å². The summed E-state index contributed by atoms with van der Waals surface area (Å²) in [6.45, 7) is 1.30. The minimum absolute atomic E-state index is 0.480. The van der Waals surface area contributed by atoms with Crippen LogP contribution in [0, 0.1) is 11.3 Å². The number of rotatable bonds is 5. The zero-order chi connectivity index (χ0) is 16.1. The van der Waals surface area contributed by atoms with Gasteiger partial charge in [0.2, 0.25) is 0 Å². The lowest BCUT2D eigenvalue weighted by molar-refractivity contribution is 0.298. The van der Waals surface area contributed by atoms with Gasteiger partial charge in [0, 0.05) is 18.1 Å². The number of ether oxygens (including phenoxy) is 1.